The Hall–Kier alpha value is -1.34. The molecule has 0 aromatic carbocycles. The number of aromatic nitrogens is 2. The van der Waals surface area contributed by atoms with Crippen molar-refractivity contribution in [1.82, 2.24) is 9.55 Å². The molecule has 140 valence electrons. The van der Waals surface area contributed by atoms with Crippen LogP contribution in [0.3, 0.4) is 0 Å². The Morgan fingerprint density at radius 1 is 1.27 bits per heavy atom. The van der Waals surface area contributed by atoms with E-state index >= 15 is 0 Å². The molecule has 1 atom stereocenters. The fraction of sp³-hybridized carbons (Fsp3) is 0.632. The highest BCUT2D eigenvalue weighted by atomic mass is 32.2. The third kappa shape index (κ3) is 3.20. The Morgan fingerprint density at radius 3 is 2.73 bits per heavy atom. The highest BCUT2D eigenvalue weighted by Crippen LogP contribution is 2.38. The van der Waals surface area contributed by atoms with E-state index in [1.54, 1.807) is 6.92 Å². The van der Waals surface area contributed by atoms with Crippen LogP contribution in [-0.2, 0) is 17.6 Å². The summed E-state index contributed by atoms with van der Waals surface area (Å²) in [5, 5.41) is 10.5. The number of furan rings is 1. The maximum Gasteiger partial charge on any atom is 0.316 e. The van der Waals surface area contributed by atoms with E-state index in [0.717, 1.165) is 54.3 Å². The Balaban J connectivity index is 1.89. The predicted octanol–water partition coefficient (Wildman–Crippen LogP) is 5.31. The summed E-state index contributed by atoms with van der Waals surface area (Å²) in [6.45, 7) is 1.69. The summed E-state index contributed by atoms with van der Waals surface area (Å²) in [5.41, 5.74) is 1.82. The smallest absolute Gasteiger partial charge is 0.316 e. The van der Waals surface area contributed by atoms with Crippen molar-refractivity contribution in [2.75, 3.05) is 0 Å². The topological polar surface area (TPSA) is 68.3 Å². The van der Waals surface area contributed by atoms with Gasteiger partial charge >= 0.3 is 5.97 Å². The monoisotopic (exact) mass is 392 g/mol. The molecule has 2 aliphatic carbocycles. The first-order valence-corrected chi connectivity index (χ1v) is 10.8. The van der Waals surface area contributed by atoms with Crippen molar-refractivity contribution in [3.8, 4) is 0 Å². The number of rotatable bonds is 4. The molecular weight excluding hydrogens is 368 g/mol. The van der Waals surface area contributed by atoms with Gasteiger partial charge < -0.3 is 14.1 Å². The van der Waals surface area contributed by atoms with Crippen molar-refractivity contribution >= 4 is 41.0 Å². The van der Waals surface area contributed by atoms with Crippen LogP contribution in [0.15, 0.2) is 9.57 Å². The van der Waals surface area contributed by atoms with Crippen LogP contribution in [-0.4, -0.2) is 25.9 Å². The SMILES string of the molecule is CC(Sc1nc2oc3c(c2c(=S)n1C1CCCCC1)CCCC3)C(=O)O. The van der Waals surface area contributed by atoms with E-state index < -0.39 is 11.2 Å². The lowest BCUT2D eigenvalue weighted by Gasteiger charge is -2.27. The molecule has 0 spiro atoms. The van der Waals surface area contributed by atoms with Gasteiger partial charge in [0.15, 0.2) is 5.16 Å². The summed E-state index contributed by atoms with van der Waals surface area (Å²) < 4.78 is 8.97. The lowest BCUT2D eigenvalue weighted by Crippen LogP contribution is -2.20. The first-order chi connectivity index (χ1) is 12.6. The van der Waals surface area contributed by atoms with E-state index in [1.165, 1.54) is 36.6 Å². The van der Waals surface area contributed by atoms with Gasteiger partial charge in [-0.2, -0.15) is 4.98 Å². The molecule has 1 saturated carbocycles. The van der Waals surface area contributed by atoms with Gasteiger partial charge in [0, 0.05) is 18.0 Å². The Morgan fingerprint density at radius 2 is 2.00 bits per heavy atom. The molecule has 0 aliphatic heterocycles. The summed E-state index contributed by atoms with van der Waals surface area (Å²) in [5.74, 6) is 0.185. The van der Waals surface area contributed by atoms with Crippen molar-refractivity contribution < 1.29 is 14.3 Å². The first kappa shape index (κ1) is 18.0. The van der Waals surface area contributed by atoms with Crippen molar-refractivity contribution in [3.05, 3.63) is 16.0 Å². The van der Waals surface area contributed by atoms with Crippen molar-refractivity contribution in [2.24, 2.45) is 0 Å². The molecule has 2 aliphatic rings. The van der Waals surface area contributed by atoms with Crippen LogP contribution in [0, 0.1) is 4.64 Å². The minimum absolute atomic E-state index is 0.311. The van der Waals surface area contributed by atoms with Gasteiger partial charge in [-0.05, 0) is 39.0 Å². The second kappa shape index (κ2) is 7.35. The van der Waals surface area contributed by atoms with Gasteiger partial charge in [-0.25, -0.2) is 0 Å². The summed E-state index contributed by atoms with van der Waals surface area (Å²) in [7, 11) is 0. The maximum atomic E-state index is 11.4. The fourth-order valence-electron chi connectivity index (χ4n) is 4.15. The largest absolute Gasteiger partial charge is 0.480 e. The minimum Gasteiger partial charge on any atom is -0.480 e. The Labute approximate surface area is 162 Å². The molecule has 1 unspecified atom stereocenters. The zero-order valence-electron chi connectivity index (χ0n) is 15.0. The average Bonchev–Trinajstić information content (AvgIpc) is 3.01. The summed E-state index contributed by atoms with van der Waals surface area (Å²) in [4.78, 5) is 16.2. The van der Waals surface area contributed by atoms with Gasteiger partial charge in [0.1, 0.15) is 15.7 Å². The molecule has 0 bridgehead atoms. The zero-order valence-corrected chi connectivity index (χ0v) is 16.6. The molecule has 2 aromatic heterocycles. The third-order valence-electron chi connectivity index (χ3n) is 5.56. The standard InChI is InChI=1S/C19H24N2O3S2/c1-11(18(22)23)26-19-20-16-15(13-9-5-6-10-14(13)24-16)17(25)21(19)12-7-3-2-4-8-12/h11-12H,2-10H2,1H3,(H,22,23). The van der Waals surface area contributed by atoms with Crippen molar-refractivity contribution in [2.45, 2.75) is 81.2 Å². The lowest BCUT2D eigenvalue weighted by atomic mass is 9.95. The van der Waals surface area contributed by atoms with Crippen LogP contribution in [0.5, 0.6) is 0 Å². The molecule has 0 amide bonds. The zero-order chi connectivity index (χ0) is 18.3. The minimum atomic E-state index is -0.836. The van der Waals surface area contributed by atoms with Gasteiger partial charge in [-0.15, -0.1) is 0 Å². The fourth-order valence-corrected chi connectivity index (χ4v) is 5.56. The van der Waals surface area contributed by atoms with Crippen molar-refractivity contribution in [1.29, 1.82) is 0 Å². The molecule has 1 fully saturated rings. The maximum absolute atomic E-state index is 11.4. The van der Waals surface area contributed by atoms with Crippen molar-refractivity contribution in [3.63, 3.8) is 0 Å². The van der Waals surface area contributed by atoms with E-state index in [2.05, 4.69) is 4.57 Å². The third-order valence-corrected chi connectivity index (χ3v) is 7.01. The van der Waals surface area contributed by atoms with Crippen LogP contribution >= 0.6 is 24.0 Å². The first-order valence-electron chi connectivity index (χ1n) is 9.52. The molecular formula is C19H24N2O3S2. The molecule has 26 heavy (non-hydrogen) atoms. The second-order valence-electron chi connectivity index (χ2n) is 7.35. The number of aliphatic carboxylic acids is 1. The molecule has 5 nitrogen and oxygen atoms in total. The number of carboxylic acids is 1. The number of carbonyl (C=O) groups is 1. The average molecular weight is 393 g/mol. The molecule has 4 rings (SSSR count). The van der Waals surface area contributed by atoms with E-state index in [9.17, 15) is 9.90 Å². The number of carboxylic acid groups (broad SMARTS) is 1. The van der Waals surface area contributed by atoms with E-state index in [4.69, 9.17) is 21.6 Å². The van der Waals surface area contributed by atoms with E-state index in [-0.39, 0.29) is 0 Å². The van der Waals surface area contributed by atoms with Gasteiger partial charge in [0.2, 0.25) is 5.71 Å². The number of thioether (sulfide) groups is 1. The van der Waals surface area contributed by atoms with Gasteiger partial charge in [0.05, 0.1) is 5.39 Å². The van der Waals surface area contributed by atoms with Gasteiger partial charge in [0.25, 0.3) is 0 Å². The van der Waals surface area contributed by atoms with E-state index in [0.29, 0.717) is 16.9 Å². The summed E-state index contributed by atoms with van der Waals surface area (Å²) >= 11 is 7.19. The molecule has 7 heteroatoms. The molecule has 2 heterocycles. The summed E-state index contributed by atoms with van der Waals surface area (Å²) in [6.07, 6.45) is 10.0. The number of hydrogen-bond donors (Lipinski definition) is 1. The van der Waals surface area contributed by atoms with Crippen LogP contribution in [0.2, 0.25) is 0 Å². The Bertz CT molecular complexity index is 896. The Kier molecular flexibility index (Phi) is 5.10. The van der Waals surface area contributed by atoms with Gasteiger partial charge in [-0.3, -0.25) is 4.79 Å². The lowest BCUT2D eigenvalue weighted by molar-refractivity contribution is -0.136. The van der Waals surface area contributed by atoms with Crippen LogP contribution in [0.1, 0.15) is 69.2 Å². The molecule has 0 radical (unpaired) electrons. The molecule has 1 N–H and O–H groups in total. The number of aryl methyl sites for hydroxylation is 2. The normalized spacial score (nSPS) is 19.4. The van der Waals surface area contributed by atoms with Gasteiger partial charge in [-0.1, -0.05) is 43.2 Å². The van der Waals surface area contributed by atoms with Crippen LogP contribution in [0.25, 0.3) is 11.1 Å². The number of nitrogens with zero attached hydrogens (tertiary/aromatic N) is 2. The van der Waals surface area contributed by atoms with E-state index in [1.807, 2.05) is 0 Å². The highest BCUT2D eigenvalue weighted by Gasteiger charge is 2.27. The predicted molar refractivity (Wildman–Crippen MR) is 105 cm³/mol. The second-order valence-corrected chi connectivity index (χ2v) is 9.05. The quantitative estimate of drug-likeness (QED) is 0.432. The van der Waals surface area contributed by atoms with Crippen LogP contribution < -0.4 is 0 Å². The highest BCUT2D eigenvalue weighted by molar-refractivity contribution is 8.00. The molecule has 0 saturated heterocycles. The molecule has 2 aromatic rings. The number of fused-ring (bicyclic) bond motifs is 3. The summed E-state index contributed by atoms with van der Waals surface area (Å²) in [6, 6.07) is 0.311. The number of hydrogen-bond acceptors (Lipinski definition) is 5. The van der Waals surface area contributed by atoms with Crippen LogP contribution in [0.4, 0.5) is 0 Å².